The quantitative estimate of drug-likeness (QED) is 0.775. The van der Waals surface area contributed by atoms with E-state index in [9.17, 15) is 14.7 Å². The molecule has 2 amide bonds. The molecule has 1 aromatic rings. The van der Waals surface area contributed by atoms with E-state index in [1.807, 2.05) is 13.8 Å². The number of aliphatic hydroxyl groups is 1. The van der Waals surface area contributed by atoms with Crippen molar-refractivity contribution in [3.8, 4) is 5.88 Å². The van der Waals surface area contributed by atoms with Crippen LogP contribution in [0.25, 0.3) is 0 Å². The van der Waals surface area contributed by atoms with Gasteiger partial charge < -0.3 is 19.6 Å². The molecule has 1 aliphatic heterocycles. The van der Waals surface area contributed by atoms with Crippen LogP contribution in [0.3, 0.4) is 0 Å². The van der Waals surface area contributed by atoms with Gasteiger partial charge in [0.05, 0.1) is 19.2 Å². The topological polar surface area (TPSA) is 83.0 Å². The van der Waals surface area contributed by atoms with Gasteiger partial charge in [0.2, 0.25) is 11.8 Å². The fourth-order valence-corrected chi connectivity index (χ4v) is 3.27. The van der Waals surface area contributed by atoms with E-state index in [1.54, 1.807) is 36.0 Å². The highest BCUT2D eigenvalue weighted by molar-refractivity contribution is 9.10. The predicted octanol–water partition coefficient (Wildman–Crippen LogP) is 1.93. The average molecular weight is 428 g/mol. The van der Waals surface area contributed by atoms with Crippen LogP contribution in [0.5, 0.6) is 5.88 Å². The number of aromatic nitrogens is 1. The lowest BCUT2D eigenvalue weighted by Crippen LogP contribution is -2.50. The van der Waals surface area contributed by atoms with Crippen molar-refractivity contribution in [2.75, 3.05) is 26.7 Å². The molecule has 0 fully saturated rings. The van der Waals surface area contributed by atoms with Gasteiger partial charge in [-0.15, -0.1) is 0 Å². The van der Waals surface area contributed by atoms with E-state index in [0.717, 1.165) is 0 Å². The predicted molar refractivity (Wildman–Crippen MR) is 101 cm³/mol. The minimum atomic E-state index is -0.328. The summed E-state index contributed by atoms with van der Waals surface area (Å²) in [5, 5.41) is 9.57. The van der Waals surface area contributed by atoms with Crippen molar-refractivity contribution in [2.24, 2.45) is 5.92 Å². The summed E-state index contributed by atoms with van der Waals surface area (Å²) in [6, 6.07) is 1.35. The zero-order chi connectivity index (χ0) is 19.4. The number of amides is 2. The molecule has 2 rings (SSSR count). The Hall–Kier alpha value is -1.67. The molecule has 144 valence electrons. The van der Waals surface area contributed by atoms with Crippen molar-refractivity contribution in [2.45, 2.75) is 39.3 Å². The Labute approximate surface area is 162 Å². The maximum Gasteiger partial charge on any atom is 0.259 e. The van der Waals surface area contributed by atoms with Gasteiger partial charge in [-0.2, -0.15) is 0 Å². The summed E-state index contributed by atoms with van der Waals surface area (Å²) in [5.41, 5.74) is 0.348. The third-order valence-electron chi connectivity index (χ3n) is 4.67. The number of ether oxygens (including phenoxy) is 1. The van der Waals surface area contributed by atoms with Crippen molar-refractivity contribution in [3.05, 3.63) is 22.3 Å². The number of carbonyl (C=O) groups excluding carboxylic acids is 2. The second-order valence-electron chi connectivity index (χ2n) is 6.76. The highest BCUT2D eigenvalue weighted by atomic mass is 79.9. The van der Waals surface area contributed by atoms with Crippen LogP contribution in [0.4, 0.5) is 0 Å². The Balaban J connectivity index is 2.40. The lowest BCUT2D eigenvalue weighted by Gasteiger charge is -2.37. The normalized spacial score (nSPS) is 21.3. The van der Waals surface area contributed by atoms with Crippen molar-refractivity contribution >= 4 is 27.7 Å². The number of hydrogen-bond acceptors (Lipinski definition) is 5. The molecule has 0 saturated heterocycles. The largest absolute Gasteiger partial charge is 0.472 e. The molecular formula is C18H26BrN3O4. The first-order valence-corrected chi connectivity index (χ1v) is 9.55. The third kappa shape index (κ3) is 4.54. The van der Waals surface area contributed by atoms with Gasteiger partial charge in [0.1, 0.15) is 11.7 Å². The van der Waals surface area contributed by atoms with Crippen molar-refractivity contribution < 1.29 is 19.4 Å². The average Bonchev–Trinajstić information content (AvgIpc) is 2.63. The SMILES string of the molecule is CCC(=O)N(C)C[C@H]1Oc2ncc(Br)cc2C(=O)N([C@H](C)CO)C[C@@H]1C. The molecule has 1 aliphatic rings. The molecule has 0 aliphatic carbocycles. The fraction of sp³-hybridized carbons (Fsp3) is 0.611. The second kappa shape index (κ2) is 8.81. The lowest BCUT2D eigenvalue weighted by molar-refractivity contribution is -0.131. The van der Waals surface area contributed by atoms with E-state index >= 15 is 0 Å². The van der Waals surface area contributed by atoms with Crippen LogP contribution in [0, 0.1) is 5.92 Å². The molecule has 0 radical (unpaired) electrons. The van der Waals surface area contributed by atoms with E-state index in [2.05, 4.69) is 20.9 Å². The standard InChI is InChI=1S/C18H26BrN3O4/c1-5-16(24)21(4)9-15-11(2)8-22(12(3)10-23)18(25)14-6-13(19)7-20-17(14)26-15/h6-7,11-12,15,23H,5,8-10H2,1-4H3/t11-,12+,15+/m0/s1. The first kappa shape index (κ1) is 20.6. The van der Waals surface area contributed by atoms with Gasteiger partial charge >= 0.3 is 0 Å². The number of rotatable bonds is 5. The van der Waals surface area contributed by atoms with Crippen LogP contribution in [0.1, 0.15) is 37.6 Å². The molecule has 3 atom stereocenters. The Morgan fingerprint density at radius 3 is 2.88 bits per heavy atom. The molecule has 0 saturated carbocycles. The fourth-order valence-electron chi connectivity index (χ4n) is 2.94. The van der Waals surface area contributed by atoms with Crippen LogP contribution < -0.4 is 4.74 Å². The van der Waals surface area contributed by atoms with Gasteiger partial charge in [0, 0.05) is 36.6 Å². The first-order chi connectivity index (χ1) is 12.3. The van der Waals surface area contributed by atoms with Gasteiger partial charge in [-0.1, -0.05) is 13.8 Å². The van der Waals surface area contributed by atoms with Gasteiger partial charge in [-0.25, -0.2) is 4.98 Å². The summed E-state index contributed by atoms with van der Waals surface area (Å²) in [6.45, 7) is 6.29. The van der Waals surface area contributed by atoms with Gasteiger partial charge in [-0.3, -0.25) is 9.59 Å². The Kier molecular flexibility index (Phi) is 7.00. The van der Waals surface area contributed by atoms with E-state index in [4.69, 9.17) is 4.74 Å². The molecule has 0 bridgehead atoms. The summed E-state index contributed by atoms with van der Waals surface area (Å²) in [4.78, 5) is 32.5. The minimum Gasteiger partial charge on any atom is -0.472 e. The van der Waals surface area contributed by atoms with E-state index in [0.29, 0.717) is 29.5 Å². The monoisotopic (exact) mass is 427 g/mol. The zero-order valence-electron chi connectivity index (χ0n) is 15.6. The molecule has 26 heavy (non-hydrogen) atoms. The summed E-state index contributed by atoms with van der Waals surface area (Å²) < 4.78 is 6.74. The highest BCUT2D eigenvalue weighted by Crippen LogP contribution is 2.28. The second-order valence-corrected chi connectivity index (χ2v) is 7.67. The van der Waals surface area contributed by atoms with Gasteiger partial charge in [0.25, 0.3) is 5.91 Å². The summed E-state index contributed by atoms with van der Waals surface area (Å²) in [7, 11) is 1.75. The van der Waals surface area contributed by atoms with Crippen molar-refractivity contribution in [1.29, 1.82) is 0 Å². The smallest absolute Gasteiger partial charge is 0.259 e. The van der Waals surface area contributed by atoms with E-state index < -0.39 is 0 Å². The van der Waals surface area contributed by atoms with E-state index in [-0.39, 0.29) is 42.4 Å². The zero-order valence-corrected chi connectivity index (χ0v) is 17.2. The minimum absolute atomic E-state index is 0.0310. The molecule has 0 aromatic carbocycles. The third-order valence-corrected chi connectivity index (χ3v) is 5.10. The van der Waals surface area contributed by atoms with Crippen molar-refractivity contribution in [3.63, 3.8) is 0 Å². The number of hydrogen-bond donors (Lipinski definition) is 1. The van der Waals surface area contributed by atoms with Crippen LogP contribution in [-0.4, -0.2) is 70.6 Å². The van der Waals surface area contributed by atoms with Gasteiger partial charge in [0.15, 0.2) is 0 Å². The maximum absolute atomic E-state index is 13.0. The maximum atomic E-state index is 13.0. The van der Waals surface area contributed by atoms with E-state index in [1.165, 1.54) is 0 Å². The Bertz CT molecular complexity index is 670. The number of fused-ring (bicyclic) bond motifs is 1. The van der Waals surface area contributed by atoms with Crippen LogP contribution in [0.15, 0.2) is 16.7 Å². The Morgan fingerprint density at radius 1 is 1.58 bits per heavy atom. The molecule has 7 nitrogen and oxygen atoms in total. The van der Waals surface area contributed by atoms with Crippen LogP contribution in [-0.2, 0) is 4.79 Å². The number of nitrogens with zero attached hydrogens (tertiary/aromatic N) is 3. The number of likely N-dealkylation sites (N-methyl/N-ethyl adjacent to an activating group) is 1. The number of aliphatic hydroxyl groups excluding tert-OH is 1. The molecule has 1 aromatic heterocycles. The lowest BCUT2D eigenvalue weighted by atomic mass is 10.00. The number of carbonyl (C=O) groups is 2. The Morgan fingerprint density at radius 2 is 2.27 bits per heavy atom. The molecular weight excluding hydrogens is 402 g/mol. The van der Waals surface area contributed by atoms with Crippen molar-refractivity contribution in [1.82, 2.24) is 14.8 Å². The summed E-state index contributed by atoms with van der Waals surface area (Å²) in [6.07, 6.45) is 1.69. The number of pyridine rings is 1. The first-order valence-electron chi connectivity index (χ1n) is 8.76. The highest BCUT2D eigenvalue weighted by Gasteiger charge is 2.34. The molecule has 8 heteroatoms. The van der Waals surface area contributed by atoms with Crippen LogP contribution in [0.2, 0.25) is 0 Å². The molecule has 2 heterocycles. The summed E-state index contributed by atoms with van der Waals surface area (Å²) in [5.74, 6) is 0.0167. The van der Waals surface area contributed by atoms with Crippen LogP contribution >= 0.6 is 15.9 Å². The summed E-state index contributed by atoms with van der Waals surface area (Å²) >= 11 is 3.34. The molecule has 0 spiro atoms. The van der Waals surface area contributed by atoms with Gasteiger partial charge in [-0.05, 0) is 28.9 Å². The molecule has 1 N–H and O–H groups in total. The molecule has 0 unspecified atom stereocenters. The number of halogens is 1.